The van der Waals surface area contributed by atoms with E-state index >= 15 is 0 Å². The Morgan fingerprint density at radius 2 is 2.00 bits per heavy atom. The Kier molecular flexibility index (Phi) is 4.25. The second-order valence-corrected chi connectivity index (χ2v) is 8.84. The number of H-pyrrole nitrogens is 1. The topological polar surface area (TPSA) is 28.7 Å². The van der Waals surface area contributed by atoms with Crippen LogP contribution in [-0.2, 0) is 12.8 Å². The van der Waals surface area contributed by atoms with E-state index in [4.69, 9.17) is 17.2 Å². The standard InChI is InChI=1S/C14H20N2S3/c1-8-9(2)19-12(7-18-8)13-15-11-6-4-3-5-10(11)14(17)16-13/h8-9,12H,3-7H2,1-2H3,(H,15,16,17). The lowest BCUT2D eigenvalue weighted by Gasteiger charge is -2.31. The zero-order valence-corrected chi connectivity index (χ0v) is 13.9. The van der Waals surface area contributed by atoms with Crippen molar-refractivity contribution in [2.75, 3.05) is 5.75 Å². The first-order valence-corrected chi connectivity index (χ1v) is 9.44. The summed E-state index contributed by atoms with van der Waals surface area (Å²) < 4.78 is 0.848. The molecule has 1 fully saturated rings. The van der Waals surface area contributed by atoms with Gasteiger partial charge in [0.2, 0.25) is 0 Å². The van der Waals surface area contributed by atoms with Gasteiger partial charge in [-0.3, -0.25) is 0 Å². The third-order valence-corrected chi connectivity index (χ3v) is 7.82. The van der Waals surface area contributed by atoms with Gasteiger partial charge in [-0.2, -0.15) is 11.8 Å². The molecule has 1 aliphatic heterocycles. The maximum atomic E-state index is 5.50. The summed E-state index contributed by atoms with van der Waals surface area (Å²) in [6.07, 6.45) is 4.79. The van der Waals surface area contributed by atoms with Crippen LogP contribution in [0.1, 0.15) is 49.0 Å². The van der Waals surface area contributed by atoms with E-state index < -0.39 is 0 Å². The van der Waals surface area contributed by atoms with Crippen LogP contribution < -0.4 is 0 Å². The molecular formula is C14H20N2S3. The van der Waals surface area contributed by atoms with Crippen molar-refractivity contribution in [1.29, 1.82) is 0 Å². The highest BCUT2D eigenvalue weighted by Gasteiger charge is 2.28. The van der Waals surface area contributed by atoms with Crippen LogP contribution in [0.2, 0.25) is 0 Å². The number of aromatic nitrogens is 2. The highest BCUT2D eigenvalue weighted by atomic mass is 32.2. The highest BCUT2D eigenvalue weighted by Crippen LogP contribution is 2.43. The lowest BCUT2D eigenvalue weighted by Crippen LogP contribution is -2.23. The first-order chi connectivity index (χ1) is 9.15. The number of nitrogens with zero attached hydrogens (tertiary/aromatic N) is 1. The van der Waals surface area contributed by atoms with Crippen molar-refractivity contribution >= 4 is 35.7 Å². The van der Waals surface area contributed by atoms with Gasteiger partial charge in [0.05, 0.1) is 5.25 Å². The summed E-state index contributed by atoms with van der Waals surface area (Å²) in [5.41, 5.74) is 2.66. The Bertz CT molecular complexity index is 526. The van der Waals surface area contributed by atoms with Gasteiger partial charge in [-0.05, 0) is 25.7 Å². The summed E-state index contributed by atoms with van der Waals surface area (Å²) in [7, 11) is 0. The predicted octanol–water partition coefficient (Wildman–Crippen LogP) is 4.32. The second kappa shape index (κ2) is 5.78. The van der Waals surface area contributed by atoms with Crippen molar-refractivity contribution in [2.24, 2.45) is 0 Å². The van der Waals surface area contributed by atoms with Crippen LogP contribution in [0, 0.1) is 4.64 Å². The van der Waals surface area contributed by atoms with Crippen LogP contribution in [0.4, 0.5) is 0 Å². The molecule has 2 heterocycles. The van der Waals surface area contributed by atoms with Crippen LogP contribution in [0.25, 0.3) is 0 Å². The number of hydrogen-bond donors (Lipinski definition) is 1. The number of hydrogen-bond acceptors (Lipinski definition) is 4. The average molecular weight is 313 g/mol. The maximum absolute atomic E-state index is 5.50. The van der Waals surface area contributed by atoms with Gasteiger partial charge in [0, 0.05) is 27.5 Å². The van der Waals surface area contributed by atoms with Crippen molar-refractivity contribution in [1.82, 2.24) is 9.97 Å². The zero-order valence-electron chi connectivity index (χ0n) is 11.4. The Morgan fingerprint density at radius 1 is 1.21 bits per heavy atom. The molecule has 3 unspecified atom stereocenters. The molecule has 1 aromatic heterocycles. The van der Waals surface area contributed by atoms with Gasteiger partial charge in [0.1, 0.15) is 10.5 Å². The lowest BCUT2D eigenvalue weighted by atomic mass is 9.97. The summed E-state index contributed by atoms with van der Waals surface area (Å²) in [6.45, 7) is 4.64. The Morgan fingerprint density at radius 3 is 2.79 bits per heavy atom. The molecule has 0 radical (unpaired) electrons. The number of fused-ring (bicyclic) bond motifs is 1. The van der Waals surface area contributed by atoms with Crippen molar-refractivity contribution in [3.63, 3.8) is 0 Å². The van der Waals surface area contributed by atoms with Gasteiger partial charge < -0.3 is 4.98 Å². The van der Waals surface area contributed by atoms with Crippen molar-refractivity contribution in [3.05, 3.63) is 21.7 Å². The minimum Gasteiger partial charge on any atom is -0.346 e. The molecule has 1 saturated heterocycles. The van der Waals surface area contributed by atoms with Crippen LogP contribution in [0.3, 0.4) is 0 Å². The molecule has 0 bridgehead atoms. The van der Waals surface area contributed by atoms with E-state index in [2.05, 4.69) is 30.6 Å². The van der Waals surface area contributed by atoms with E-state index in [0.29, 0.717) is 10.5 Å². The first kappa shape index (κ1) is 14.0. The van der Waals surface area contributed by atoms with Crippen molar-refractivity contribution in [2.45, 2.75) is 55.3 Å². The molecular weight excluding hydrogens is 292 g/mol. The SMILES string of the molecule is CC1SCC(c2nc(=S)c3c([nH]2)CCCC3)SC1C. The molecule has 0 saturated carbocycles. The smallest absolute Gasteiger partial charge is 0.133 e. The lowest BCUT2D eigenvalue weighted by molar-refractivity contribution is 0.651. The number of thioether (sulfide) groups is 2. The van der Waals surface area contributed by atoms with E-state index in [-0.39, 0.29) is 0 Å². The van der Waals surface area contributed by atoms with Gasteiger partial charge in [-0.1, -0.05) is 26.1 Å². The van der Waals surface area contributed by atoms with Crippen LogP contribution in [0.15, 0.2) is 0 Å². The van der Waals surface area contributed by atoms with Gasteiger partial charge >= 0.3 is 0 Å². The van der Waals surface area contributed by atoms with E-state index in [1.54, 1.807) is 0 Å². The molecule has 0 spiro atoms. The van der Waals surface area contributed by atoms with Gasteiger partial charge in [0.15, 0.2) is 0 Å². The molecule has 19 heavy (non-hydrogen) atoms. The third kappa shape index (κ3) is 2.88. The summed E-state index contributed by atoms with van der Waals surface area (Å²) in [6, 6.07) is 0. The minimum absolute atomic E-state index is 0.477. The van der Waals surface area contributed by atoms with E-state index in [1.807, 2.05) is 11.8 Å². The molecule has 1 N–H and O–H groups in total. The minimum atomic E-state index is 0.477. The summed E-state index contributed by atoms with van der Waals surface area (Å²) in [5.74, 6) is 2.26. The Hall–Kier alpha value is -0.000000000000000111. The molecule has 1 aromatic rings. The summed E-state index contributed by atoms with van der Waals surface area (Å²) >= 11 is 9.60. The molecule has 0 amide bonds. The van der Waals surface area contributed by atoms with Crippen LogP contribution in [0.5, 0.6) is 0 Å². The van der Waals surface area contributed by atoms with Gasteiger partial charge in [-0.25, -0.2) is 4.98 Å². The fraction of sp³-hybridized carbons (Fsp3) is 0.714. The summed E-state index contributed by atoms with van der Waals surface area (Å²) in [5, 5.41) is 1.90. The molecule has 0 aromatic carbocycles. The molecule has 2 nitrogen and oxygen atoms in total. The summed E-state index contributed by atoms with van der Waals surface area (Å²) in [4.78, 5) is 8.29. The fourth-order valence-electron chi connectivity index (χ4n) is 2.72. The molecule has 3 atom stereocenters. The number of aryl methyl sites for hydroxylation is 1. The van der Waals surface area contributed by atoms with E-state index in [1.165, 1.54) is 24.1 Å². The van der Waals surface area contributed by atoms with Crippen LogP contribution >= 0.6 is 35.7 Å². The number of aromatic amines is 1. The van der Waals surface area contributed by atoms with Gasteiger partial charge in [-0.15, -0.1) is 11.8 Å². The third-order valence-electron chi connectivity index (χ3n) is 4.08. The van der Waals surface area contributed by atoms with Crippen molar-refractivity contribution in [3.8, 4) is 0 Å². The maximum Gasteiger partial charge on any atom is 0.133 e. The first-order valence-electron chi connectivity index (χ1n) is 7.04. The van der Waals surface area contributed by atoms with Gasteiger partial charge in [0.25, 0.3) is 0 Å². The van der Waals surface area contributed by atoms with Crippen LogP contribution in [-0.4, -0.2) is 26.2 Å². The molecule has 104 valence electrons. The molecule has 1 aliphatic carbocycles. The average Bonchev–Trinajstić information content (AvgIpc) is 2.42. The normalized spacial score (nSPS) is 30.9. The second-order valence-electron chi connectivity index (χ2n) is 5.46. The highest BCUT2D eigenvalue weighted by molar-refractivity contribution is 8.07. The quantitative estimate of drug-likeness (QED) is 0.782. The predicted molar refractivity (Wildman–Crippen MR) is 87.8 cm³/mol. The molecule has 2 aliphatic rings. The zero-order chi connectivity index (χ0) is 13.4. The molecule has 5 heteroatoms. The van der Waals surface area contributed by atoms with Crippen molar-refractivity contribution < 1.29 is 0 Å². The molecule has 3 rings (SSSR count). The Labute approximate surface area is 128 Å². The largest absolute Gasteiger partial charge is 0.346 e. The Balaban J connectivity index is 1.89. The monoisotopic (exact) mass is 312 g/mol. The number of rotatable bonds is 1. The van der Waals surface area contributed by atoms with E-state index in [0.717, 1.165) is 34.3 Å². The van der Waals surface area contributed by atoms with E-state index in [9.17, 15) is 0 Å². The number of nitrogens with one attached hydrogen (secondary N) is 1. The fourth-order valence-corrected chi connectivity index (χ4v) is 5.91.